The largest absolute Gasteiger partial charge is 0.462 e. The molecule has 0 aromatic heterocycles. The van der Waals surface area contributed by atoms with Crippen LogP contribution in [0.15, 0.2) is 42.5 Å². The summed E-state index contributed by atoms with van der Waals surface area (Å²) < 4.78 is 25.2. The molecule has 0 aliphatic carbocycles. The minimum Gasteiger partial charge on any atom is -0.462 e. The summed E-state index contributed by atoms with van der Waals surface area (Å²) in [6.07, 6.45) is 1.10. The number of nitrogens with zero attached hydrogens (tertiary/aromatic N) is 1. The number of carbonyl (C=O) groups is 1. The number of nitrogens with one attached hydrogen (secondary N) is 1. The van der Waals surface area contributed by atoms with Crippen molar-refractivity contribution in [3.8, 4) is 5.75 Å². The summed E-state index contributed by atoms with van der Waals surface area (Å²) >= 11 is 5.94. The number of anilines is 1. The van der Waals surface area contributed by atoms with E-state index in [0.717, 1.165) is 0 Å². The molecule has 0 unspecified atom stereocenters. The van der Waals surface area contributed by atoms with Crippen molar-refractivity contribution >= 4 is 23.3 Å². The number of ether oxygens (including phenoxy) is 2. The summed E-state index contributed by atoms with van der Waals surface area (Å²) in [6, 6.07) is 11.3. The lowest BCUT2D eigenvalue weighted by Gasteiger charge is -2.43. The van der Waals surface area contributed by atoms with Gasteiger partial charge in [0, 0.05) is 42.2 Å². The maximum absolute atomic E-state index is 13.3. The molecule has 136 valence electrons. The molecule has 2 amide bonds. The third-order valence-corrected chi connectivity index (χ3v) is 4.93. The number of carbonyl (C=O) groups excluding carboxylic acids is 1. The molecule has 26 heavy (non-hydrogen) atoms. The Morgan fingerprint density at radius 1 is 1.19 bits per heavy atom. The van der Waals surface area contributed by atoms with Gasteiger partial charge in [-0.1, -0.05) is 17.7 Å². The Balaban J connectivity index is 1.38. The topological polar surface area (TPSA) is 50.8 Å². The van der Waals surface area contributed by atoms with Gasteiger partial charge in [-0.05, 0) is 36.4 Å². The third-order valence-electron chi connectivity index (χ3n) is 4.70. The van der Waals surface area contributed by atoms with Crippen LogP contribution in [0, 0.1) is 5.82 Å². The molecule has 1 fully saturated rings. The van der Waals surface area contributed by atoms with Crippen LogP contribution in [0.2, 0.25) is 5.02 Å². The first-order valence-corrected chi connectivity index (χ1v) is 8.84. The quantitative estimate of drug-likeness (QED) is 0.802. The molecule has 7 heteroatoms. The van der Waals surface area contributed by atoms with E-state index in [1.54, 1.807) is 35.2 Å². The van der Waals surface area contributed by atoms with Crippen molar-refractivity contribution in [1.29, 1.82) is 0 Å². The molecule has 1 saturated heterocycles. The summed E-state index contributed by atoms with van der Waals surface area (Å²) in [5.41, 5.74) is 1.36. The SMILES string of the molecule is O=C(Nc1cccc(Cl)c1)N1CCC2(CC1)OCc1cc(F)ccc1O2. The van der Waals surface area contributed by atoms with Crippen molar-refractivity contribution in [2.75, 3.05) is 18.4 Å². The summed E-state index contributed by atoms with van der Waals surface area (Å²) in [5.74, 6) is -0.411. The Kier molecular flexibility index (Phi) is 4.46. The molecule has 0 saturated carbocycles. The standard InChI is InChI=1S/C19H18ClFN2O3/c20-14-2-1-3-16(11-14)22-18(24)23-8-6-19(7-9-23)25-12-13-10-15(21)4-5-17(13)26-19/h1-5,10-11H,6-9,12H2,(H,22,24). The maximum atomic E-state index is 13.3. The number of urea groups is 1. The molecule has 0 radical (unpaired) electrons. The van der Waals surface area contributed by atoms with Crippen LogP contribution in [0.1, 0.15) is 18.4 Å². The van der Waals surface area contributed by atoms with Crippen LogP contribution in [-0.2, 0) is 11.3 Å². The molecule has 2 aromatic carbocycles. The molecular weight excluding hydrogens is 359 g/mol. The number of piperidine rings is 1. The number of benzene rings is 2. The first-order chi connectivity index (χ1) is 12.5. The van der Waals surface area contributed by atoms with Crippen LogP contribution in [-0.4, -0.2) is 29.8 Å². The van der Waals surface area contributed by atoms with Crippen molar-refractivity contribution in [2.24, 2.45) is 0 Å². The summed E-state index contributed by atoms with van der Waals surface area (Å²) in [7, 11) is 0. The number of hydrogen-bond acceptors (Lipinski definition) is 3. The lowest BCUT2D eigenvalue weighted by atomic mass is 10.0. The first kappa shape index (κ1) is 17.1. The smallest absolute Gasteiger partial charge is 0.321 e. The molecule has 2 aliphatic rings. The van der Waals surface area contributed by atoms with Crippen LogP contribution in [0.5, 0.6) is 5.75 Å². The van der Waals surface area contributed by atoms with Crippen LogP contribution in [0.4, 0.5) is 14.9 Å². The predicted octanol–water partition coefficient (Wildman–Crippen LogP) is 4.41. The summed E-state index contributed by atoms with van der Waals surface area (Å²) in [4.78, 5) is 14.2. The average Bonchev–Trinajstić information content (AvgIpc) is 2.63. The zero-order valence-corrected chi connectivity index (χ0v) is 14.8. The van der Waals surface area contributed by atoms with Crippen LogP contribution in [0.3, 0.4) is 0 Å². The minimum atomic E-state index is -0.752. The van der Waals surface area contributed by atoms with E-state index in [-0.39, 0.29) is 11.8 Å². The Morgan fingerprint density at radius 2 is 2.00 bits per heavy atom. The second kappa shape index (κ2) is 6.78. The molecule has 2 aromatic rings. The van der Waals surface area contributed by atoms with Gasteiger partial charge >= 0.3 is 6.03 Å². The lowest BCUT2D eigenvalue weighted by molar-refractivity contribution is -0.225. The van der Waals surface area contributed by atoms with E-state index in [4.69, 9.17) is 21.1 Å². The second-order valence-electron chi connectivity index (χ2n) is 6.48. The number of hydrogen-bond donors (Lipinski definition) is 1. The Labute approximate surface area is 155 Å². The fourth-order valence-corrected chi connectivity index (χ4v) is 3.46. The van der Waals surface area contributed by atoms with Crippen molar-refractivity contribution in [1.82, 2.24) is 4.90 Å². The van der Waals surface area contributed by atoms with Gasteiger partial charge in [-0.3, -0.25) is 0 Å². The molecule has 1 spiro atoms. The highest BCUT2D eigenvalue weighted by atomic mass is 35.5. The van der Waals surface area contributed by atoms with E-state index < -0.39 is 5.79 Å². The van der Waals surface area contributed by atoms with Gasteiger partial charge in [0.25, 0.3) is 0 Å². The van der Waals surface area contributed by atoms with E-state index in [1.165, 1.54) is 12.1 Å². The number of likely N-dealkylation sites (tertiary alicyclic amines) is 1. The molecule has 2 heterocycles. The average molecular weight is 377 g/mol. The normalized spacial score (nSPS) is 18.2. The lowest BCUT2D eigenvalue weighted by Crippen LogP contribution is -2.53. The van der Waals surface area contributed by atoms with Gasteiger partial charge in [-0.2, -0.15) is 0 Å². The summed E-state index contributed by atoms with van der Waals surface area (Å²) in [5, 5.41) is 3.41. The molecule has 4 rings (SSSR count). The van der Waals surface area contributed by atoms with Crippen molar-refractivity contribution < 1.29 is 18.7 Å². The highest BCUT2D eigenvalue weighted by Gasteiger charge is 2.42. The highest BCUT2D eigenvalue weighted by Crippen LogP contribution is 2.37. The van der Waals surface area contributed by atoms with Crippen molar-refractivity contribution in [3.05, 3.63) is 58.9 Å². The highest BCUT2D eigenvalue weighted by molar-refractivity contribution is 6.30. The minimum absolute atomic E-state index is 0.180. The van der Waals surface area contributed by atoms with E-state index in [9.17, 15) is 9.18 Å². The van der Waals surface area contributed by atoms with E-state index >= 15 is 0 Å². The number of fused-ring (bicyclic) bond motifs is 1. The van der Waals surface area contributed by atoms with E-state index in [1.807, 2.05) is 0 Å². The van der Waals surface area contributed by atoms with Crippen LogP contribution < -0.4 is 10.1 Å². The van der Waals surface area contributed by atoms with Gasteiger partial charge in [-0.25, -0.2) is 9.18 Å². The van der Waals surface area contributed by atoms with Crippen LogP contribution in [0.25, 0.3) is 0 Å². The van der Waals surface area contributed by atoms with Crippen molar-refractivity contribution in [2.45, 2.75) is 25.2 Å². The zero-order chi connectivity index (χ0) is 18.1. The molecule has 1 N–H and O–H groups in total. The fourth-order valence-electron chi connectivity index (χ4n) is 3.27. The van der Waals surface area contributed by atoms with Gasteiger partial charge in [0.1, 0.15) is 11.6 Å². The number of amides is 2. The zero-order valence-electron chi connectivity index (χ0n) is 14.0. The monoisotopic (exact) mass is 376 g/mol. The molecule has 2 aliphatic heterocycles. The third kappa shape index (κ3) is 3.48. The Bertz CT molecular complexity index is 837. The first-order valence-electron chi connectivity index (χ1n) is 8.46. The second-order valence-corrected chi connectivity index (χ2v) is 6.92. The molecule has 0 atom stereocenters. The van der Waals surface area contributed by atoms with Gasteiger partial charge in [-0.15, -0.1) is 0 Å². The van der Waals surface area contributed by atoms with E-state index in [0.29, 0.717) is 54.6 Å². The number of rotatable bonds is 1. The Hall–Kier alpha value is -2.31. The summed E-state index contributed by atoms with van der Waals surface area (Å²) in [6.45, 7) is 1.31. The van der Waals surface area contributed by atoms with Crippen LogP contribution >= 0.6 is 11.6 Å². The van der Waals surface area contributed by atoms with Gasteiger partial charge < -0.3 is 19.7 Å². The van der Waals surface area contributed by atoms with Gasteiger partial charge in [0.2, 0.25) is 5.79 Å². The Morgan fingerprint density at radius 3 is 2.77 bits per heavy atom. The molecular formula is C19H18ClFN2O3. The van der Waals surface area contributed by atoms with Gasteiger partial charge in [0.15, 0.2) is 0 Å². The fraction of sp³-hybridized carbons (Fsp3) is 0.316. The van der Waals surface area contributed by atoms with Gasteiger partial charge in [0.05, 0.1) is 6.61 Å². The molecule has 5 nitrogen and oxygen atoms in total. The number of halogens is 2. The maximum Gasteiger partial charge on any atom is 0.321 e. The predicted molar refractivity (Wildman–Crippen MR) is 95.8 cm³/mol. The van der Waals surface area contributed by atoms with E-state index in [2.05, 4.69) is 5.32 Å². The molecule has 0 bridgehead atoms. The van der Waals surface area contributed by atoms with Crippen molar-refractivity contribution in [3.63, 3.8) is 0 Å².